The third kappa shape index (κ3) is 4.58. The molecule has 3 heterocycles. The molecule has 1 aromatic carbocycles. The summed E-state index contributed by atoms with van der Waals surface area (Å²) < 4.78 is 79.5. The standard InChI is InChI=1S/C21H12F6N6O/c22-20(23,24)16-6-12(7-17(31-16)21(25,26)27)19-30-10-33(32-19)9-15(18(28)34)13-3-1-2-11-4-5-29-8-14(11)13/h1-10H,(H2,28,34)/b15-9+. The highest BCUT2D eigenvalue weighted by molar-refractivity contribution is 6.25. The zero-order valence-corrected chi connectivity index (χ0v) is 16.8. The molecule has 0 aliphatic rings. The Kier molecular flexibility index (Phi) is 5.55. The highest BCUT2D eigenvalue weighted by atomic mass is 19.4. The fourth-order valence-corrected chi connectivity index (χ4v) is 3.17. The zero-order chi connectivity index (χ0) is 24.7. The van der Waals surface area contributed by atoms with Crippen LogP contribution in [0.3, 0.4) is 0 Å². The number of alkyl halides is 6. The van der Waals surface area contributed by atoms with E-state index in [-0.39, 0.29) is 5.57 Å². The number of hydrogen-bond acceptors (Lipinski definition) is 5. The lowest BCUT2D eigenvalue weighted by molar-refractivity contribution is -0.150. The number of benzene rings is 1. The number of primary amides is 1. The molecule has 0 bridgehead atoms. The summed E-state index contributed by atoms with van der Waals surface area (Å²) in [6.07, 6.45) is -5.00. The first kappa shape index (κ1) is 22.9. The normalized spacial score (nSPS) is 12.8. The Balaban J connectivity index is 1.81. The lowest BCUT2D eigenvalue weighted by atomic mass is 10.00. The van der Waals surface area contributed by atoms with Gasteiger partial charge in [-0.3, -0.25) is 9.78 Å². The van der Waals surface area contributed by atoms with Crippen molar-refractivity contribution in [2.45, 2.75) is 12.4 Å². The van der Waals surface area contributed by atoms with E-state index in [2.05, 4.69) is 20.1 Å². The summed E-state index contributed by atoms with van der Waals surface area (Å²) in [6.45, 7) is 0. The van der Waals surface area contributed by atoms with Crippen LogP contribution in [0, 0.1) is 0 Å². The number of aromatic nitrogens is 5. The number of carbonyl (C=O) groups is 1. The number of carbonyl (C=O) groups excluding carboxylic acids is 1. The molecule has 0 aliphatic heterocycles. The summed E-state index contributed by atoms with van der Waals surface area (Å²) in [5.74, 6) is -1.30. The fourth-order valence-electron chi connectivity index (χ4n) is 3.17. The Morgan fingerprint density at radius 3 is 2.29 bits per heavy atom. The van der Waals surface area contributed by atoms with E-state index in [1.54, 1.807) is 30.5 Å². The highest BCUT2D eigenvalue weighted by Gasteiger charge is 2.39. The summed E-state index contributed by atoms with van der Waals surface area (Å²) in [4.78, 5) is 22.6. The minimum Gasteiger partial charge on any atom is -0.366 e. The van der Waals surface area contributed by atoms with Crippen LogP contribution in [0.5, 0.6) is 0 Å². The van der Waals surface area contributed by atoms with Gasteiger partial charge in [0, 0.05) is 29.5 Å². The number of fused-ring (bicyclic) bond motifs is 1. The maximum absolute atomic E-state index is 13.1. The average molecular weight is 478 g/mol. The molecule has 0 radical (unpaired) electrons. The Hall–Kier alpha value is -4.29. The molecule has 13 heteroatoms. The molecule has 4 aromatic rings. The van der Waals surface area contributed by atoms with Crippen molar-refractivity contribution in [3.8, 4) is 11.4 Å². The second-order valence-corrected chi connectivity index (χ2v) is 6.98. The van der Waals surface area contributed by atoms with Gasteiger partial charge in [-0.25, -0.2) is 14.6 Å². The summed E-state index contributed by atoms with van der Waals surface area (Å²) >= 11 is 0. The molecule has 0 aliphatic carbocycles. The van der Waals surface area contributed by atoms with Gasteiger partial charge >= 0.3 is 12.4 Å². The first-order valence-electron chi connectivity index (χ1n) is 9.36. The maximum Gasteiger partial charge on any atom is 0.433 e. The monoisotopic (exact) mass is 478 g/mol. The molecule has 174 valence electrons. The van der Waals surface area contributed by atoms with E-state index in [9.17, 15) is 31.1 Å². The summed E-state index contributed by atoms with van der Waals surface area (Å²) in [6, 6.07) is 7.59. The number of amides is 1. The molecule has 0 unspecified atom stereocenters. The van der Waals surface area contributed by atoms with E-state index in [1.807, 2.05) is 0 Å². The van der Waals surface area contributed by atoms with Gasteiger partial charge in [-0.15, -0.1) is 5.10 Å². The van der Waals surface area contributed by atoms with Crippen LogP contribution in [-0.2, 0) is 17.1 Å². The summed E-state index contributed by atoms with van der Waals surface area (Å²) in [5, 5.41) is 5.25. The Bertz CT molecular complexity index is 1390. The number of rotatable bonds is 4. The van der Waals surface area contributed by atoms with Gasteiger partial charge in [-0.2, -0.15) is 26.3 Å². The van der Waals surface area contributed by atoms with Gasteiger partial charge in [0.2, 0.25) is 0 Å². The molecule has 34 heavy (non-hydrogen) atoms. The topological polar surface area (TPSA) is 99.6 Å². The maximum atomic E-state index is 13.1. The van der Waals surface area contributed by atoms with Gasteiger partial charge in [0.05, 0.1) is 5.57 Å². The Morgan fingerprint density at radius 1 is 1.00 bits per heavy atom. The summed E-state index contributed by atoms with van der Waals surface area (Å²) in [5.41, 5.74) is 1.83. The molecule has 0 saturated heterocycles. The fraction of sp³-hybridized carbons (Fsp3) is 0.0952. The molecule has 1 amide bonds. The third-order valence-electron chi connectivity index (χ3n) is 4.67. The predicted octanol–water partition coefficient (Wildman–Crippen LogP) is 4.41. The molecule has 0 spiro atoms. The lowest BCUT2D eigenvalue weighted by Gasteiger charge is -2.11. The highest BCUT2D eigenvalue weighted by Crippen LogP contribution is 2.35. The van der Waals surface area contributed by atoms with Crippen molar-refractivity contribution in [1.82, 2.24) is 24.7 Å². The van der Waals surface area contributed by atoms with Crippen LogP contribution < -0.4 is 5.73 Å². The van der Waals surface area contributed by atoms with Crippen molar-refractivity contribution in [3.63, 3.8) is 0 Å². The van der Waals surface area contributed by atoms with Gasteiger partial charge in [0.1, 0.15) is 17.7 Å². The van der Waals surface area contributed by atoms with Crippen molar-refractivity contribution >= 4 is 28.5 Å². The minimum absolute atomic E-state index is 0.0308. The van der Waals surface area contributed by atoms with E-state index in [0.717, 1.165) is 22.6 Å². The van der Waals surface area contributed by atoms with Gasteiger partial charge in [0.25, 0.3) is 5.91 Å². The van der Waals surface area contributed by atoms with E-state index in [0.29, 0.717) is 23.1 Å². The largest absolute Gasteiger partial charge is 0.433 e. The van der Waals surface area contributed by atoms with Gasteiger partial charge in [0.15, 0.2) is 5.82 Å². The molecule has 3 aromatic heterocycles. The van der Waals surface area contributed by atoms with E-state index >= 15 is 0 Å². The van der Waals surface area contributed by atoms with Crippen molar-refractivity contribution in [3.05, 3.63) is 72.1 Å². The van der Waals surface area contributed by atoms with Crippen LogP contribution >= 0.6 is 0 Å². The smallest absolute Gasteiger partial charge is 0.366 e. The van der Waals surface area contributed by atoms with Crippen LogP contribution in [0.4, 0.5) is 26.3 Å². The van der Waals surface area contributed by atoms with Crippen molar-refractivity contribution in [2.24, 2.45) is 5.73 Å². The molecule has 0 saturated carbocycles. The predicted molar refractivity (Wildman–Crippen MR) is 108 cm³/mol. The molecule has 7 nitrogen and oxygen atoms in total. The minimum atomic E-state index is -5.12. The van der Waals surface area contributed by atoms with Gasteiger partial charge < -0.3 is 5.73 Å². The van der Waals surface area contributed by atoms with Crippen molar-refractivity contribution in [1.29, 1.82) is 0 Å². The molecule has 4 rings (SSSR count). The van der Waals surface area contributed by atoms with Crippen LogP contribution in [-0.4, -0.2) is 30.6 Å². The molecule has 2 N–H and O–H groups in total. The van der Waals surface area contributed by atoms with Gasteiger partial charge in [-0.05, 0) is 29.1 Å². The van der Waals surface area contributed by atoms with Gasteiger partial charge in [-0.1, -0.05) is 18.2 Å². The Labute approximate surface area is 186 Å². The quantitative estimate of drug-likeness (QED) is 0.346. The van der Waals surface area contributed by atoms with Crippen molar-refractivity contribution < 1.29 is 31.1 Å². The van der Waals surface area contributed by atoms with Crippen LogP contribution in [0.25, 0.3) is 33.9 Å². The second kappa shape index (κ2) is 8.24. The molecular formula is C21H12F6N6O. The van der Waals surface area contributed by atoms with Crippen LogP contribution in [0.2, 0.25) is 0 Å². The second-order valence-electron chi connectivity index (χ2n) is 6.98. The van der Waals surface area contributed by atoms with Crippen LogP contribution in [0.1, 0.15) is 17.0 Å². The number of nitrogens with zero attached hydrogens (tertiary/aromatic N) is 5. The number of nitrogens with two attached hydrogens (primary N) is 1. The van der Waals surface area contributed by atoms with E-state index in [4.69, 9.17) is 5.73 Å². The number of hydrogen-bond donors (Lipinski definition) is 1. The molecule has 0 atom stereocenters. The lowest BCUT2D eigenvalue weighted by Crippen LogP contribution is -2.15. The molecule has 0 fully saturated rings. The van der Waals surface area contributed by atoms with E-state index in [1.165, 1.54) is 6.20 Å². The molecular weight excluding hydrogens is 466 g/mol. The summed E-state index contributed by atoms with van der Waals surface area (Å²) in [7, 11) is 0. The third-order valence-corrected chi connectivity index (χ3v) is 4.67. The van der Waals surface area contributed by atoms with Crippen LogP contribution in [0.15, 0.2) is 55.1 Å². The SMILES string of the molecule is NC(=O)/C(=C/n1cnc(-c2cc(C(F)(F)F)nc(C(F)(F)F)c2)n1)c1cccc2ccncc12. The first-order valence-corrected chi connectivity index (χ1v) is 9.36. The average Bonchev–Trinajstić information content (AvgIpc) is 3.24. The zero-order valence-electron chi connectivity index (χ0n) is 16.8. The number of halogens is 6. The first-order chi connectivity index (χ1) is 15.9. The Morgan fingerprint density at radius 2 is 1.68 bits per heavy atom. The number of pyridine rings is 2. The van der Waals surface area contributed by atoms with E-state index < -0.39 is 41.0 Å². The van der Waals surface area contributed by atoms with Crippen molar-refractivity contribution in [2.75, 3.05) is 0 Å².